The maximum atomic E-state index is 11.9. The van der Waals surface area contributed by atoms with Gasteiger partial charge in [0, 0.05) is 5.69 Å². The van der Waals surface area contributed by atoms with E-state index in [2.05, 4.69) is 38.3 Å². The molecule has 116 valence electrons. The highest BCUT2D eigenvalue weighted by Crippen LogP contribution is 2.67. The molecule has 0 aliphatic heterocycles. The summed E-state index contributed by atoms with van der Waals surface area (Å²) in [4.78, 5) is 11.9. The number of hydrogen-bond acceptors (Lipinski definition) is 3. The molecule has 1 saturated carbocycles. The third-order valence-corrected chi connectivity index (χ3v) is 5.33. The minimum absolute atomic E-state index is 0.0172. The molecular weight excluding hydrogens is 264 g/mol. The Morgan fingerprint density at radius 2 is 1.71 bits per heavy atom. The van der Waals surface area contributed by atoms with Crippen molar-refractivity contribution in [2.45, 2.75) is 27.7 Å². The minimum atomic E-state index is -0.0172. The molecule has 4 nitrogen and oxygen atoms in total. The van der Waals surface area contributed by atoms with Crippen molar-refractivity contribution in [1.82, 2.24) is 5.32 Å². The number of ether oxygens (including phenoxy) is 1. The standard InChI is InChI=1S/C17H26N2O2/c1-16(2)14(17(16,3)4)10-18-11-15(20)19-12-6-8-13(21-5)9-7-12/h6-9,14,18H,10-11H2,1-5H3,(H,19,20). The first-order valence-corrected chi connectivity index (χ1v) is 7.43. The molecular formula is C17H26N2O2. The van der Waals surface area contributed by atoms with Crippen LogP contribution in [-0.2, 0) is 4.79 Å². The fraction of sp³-hybridized carbons (Fsp3) is 0.588. The minimum Gasteiger partial charge on any atom is -0.497 e. The topological polar surface area (TPSA) is 50.4 Å². The van der Waals surface area contributed by atoms with E-state index in [1.54, 1.807) is 7.11 Å². The van der Waals surface area contributed by atoms with Crippen LogP contribution in [0.2, 0.25) is 0 Å². The van der Waals surface area contributed by atoms with E-state index >= 15 is 0 Å². The van der Waals surface area contributed by atoms with Gasteiger partial charge in [0.25, 0.3) is 0 Å². The summed E-state index contributed by atoms with van der Waals surface area (Å²) >= 11 is 0. The van der Waals surface area contributed by atoms with Crippen molar-refractivity contribution in [1.29, 1.82) is 0 Å². The Labute approximate surface area is 127 Å². The number of nitrogens with one attached hydrogen (secondary N) is 2. The lowest BCUT2D eigenvalue weighted by molar-refractivity contribution is -0.115. The fourth-order valence-corrected chi connectivity index (χ4v) is 3.05. The van der Waals surface area contributed by atoms with Crippen LogP contribution in [0.1, 0.15) is 27.7 Å². The normalized spacial score (nSPS) is 19.1. The summed E-state index contributed by atoms with van der Waals surface area (Å²) < 4.78 is 5.09. The van der Waals surface area contributed by atoms with Crippen LogP contribution in [0.15, 0.2) is 24.3 Å². The Morgan fingerprint density at radius 1 is 1.14 bits per heavy atom. The molecule has 1 aliphatic carbocycles. The number of anilines is 1. The van der Waals surface area contributed by atoms with Gasteiger partial charge in [-0.25, -0.2) is 0 Å². The lowest BCUT2D eigenvalue weighted by Gasteiger charge is -2.08. The lowest BCUT2D eigenvalue weighted by Crippen LogP contribution is -2.30. The van der Waals surface area contributed by atoms with Crippen LogP contribution in [0, 0.1) is 16.7 Å². The van der Waals surface area contributed by atoms with Crippen molar-refractivity contribution in [2.24, 2.45) is 16.7 Å². The Hall–Kier alpha value is -1.55. The number of benzene rings is 1. The maximum Gasteiger partial charge on any atom is 0.238 e. The molecule has 0 spiro atoms. The van der Waals surface area contributed by atoms with Gasteiger partial charge in [0.15, 0.2) is 0 Å². The number of rotatable bonds is 6. The Balaban J connectivity index is 1.73. The van der Waals surface area contributed by atoms with E-state index in [1.807, 2.05) is 24.3 Å². The third-order valence-electron chi connectivity index (χ3n) is 5.33. The number of amides is 1. The van der Waals surface area contributed by atoms with Crippen LogP contribution in [0.25, 0.3) is 0 Å². The molecule has 1 aliphatic rings. The average Bonchev–Trinajstić information content (AvgIpc) is 2.82. The predicted molar refractivity (Wildman–Crippen MR) is 85.5 cm³/mol. The highest BCUT2D eigenvalue weighted by atomic mass is 16.5. The zero-order chi connectivity index (χ0) is 15.7. The molecule has 0 radical (unpaired) electrons. The van der Waals surface area contributed by atoms with Gasteiger partial charge in [-0.05, 0) is 47.6 Å². The van der Waals surface area contributed by atoms with Crippen LogP contribution in [0.4, 0.5) is 5.69 Å². The Bertz CT molecular complexity index is 492. The van der Waals surface area contributed by atoms with Crippen LogP contribution < -0.4 is 15.4 Å². The molecule has 2 rings (SSSR count). The number of carbonyl (C=O) groups excluding carboxylic acids is 1. The number of methoxy groups -OCH3 is 1. The summed E-state index contributed by atoms with van der Waals surface area (Å²) in [5, 5.41) is 6.14. The highest BCUT2D eigenvalue weighted by molar-refractivity contribution is 5.92. The smallest absolute Gasteiger partial charge is 0.238 e. The van der Waals surface area contributed by atoms with Crippen molar-refractivity contribution in [2.75, 3.05) is 25.5 Å². The van der Waals surface area contributed by atoms with E-state index in [9.17, 15) is 4.79 Å². The quantitative estimate of drug-likeness (QED) is 0.847. The third kappa shape index (κ3) is 3.21. The van der Waals surface area contributed by atoms with E-state index in [1.165, 1.54) is 0 Å². The maximum absolute atomic E-state index is 11.9. The van der Waals surface area contributed by atoms with Gasteiger partial charge in [-0.1, -0.05) is 27.7 Å². The number of hydrogen-bond donors (Lipinski definition) is 2. The van der Waals surface area contributed by atoms with Gasteiger partial charge in [-0.2, -0.15) is 0 Å². The Kier molecular flexibility index (Phi) is 4.28. The molecule has 4 heteroatoms. The van der Waals surface area contributed by atoms with Gasteiger partial charge in [0.2, 0.25) is 5.91 Å². The van der Waals surface area contributed by atoms with Gasteiger partial charge in [-0.3, -0.25) is 4.79 Å². The van der Waals surface area contributed by atoms with Crippen molar-refractivity contribution in [3.8, 4) is 5.75 Å². The van der Waals surface area contributed by atoms with Gasteiger partial charge >= 0.3 is 0 Å². The fourth-order valence-electron chi connectivity index (χ4n) is 3.05. The second-order valence-electron chi connectivity index (χ2n) is 6.90. The van der Waals surface area contributed by atoms with Crippen LogP contribution in [0.3, 0.4) is 0 Å². The largest absolute Gasteiger partial charge is 0.497 e. The van der Waals surface area contributed by atoms with Gasteiger partial charge in [0.05, 0.1) is 13.7 Å². The summed E-state index contributed by atoms with van der Waals surface area (Å²) in [6.07, 6.45) is 0. The van der Waals surface area contributed by atoms with E-state index in [0.717, 1.165) is 18.0 Å². The monoisotopic (exact) mass is 290 g/mol. The molecule has 1 amide bonds. The second-order valence-corrected chi connectivity index (χ2v) is 6.90. The molecule has 0 heterocycles. The van der Waals surface area contributed by atoms with Crippen molar-refractivity contribution in [3.05, 3.63) is 24.3 Å². The van der Waals surface area contributed by atoms with Gasteiger partial charge in [-0.15, -0.1) is 0 Å². The summed E-state index contributed by atoms with van der Waals surface area (Å²) in [6.45, 7) is 10.4. The SMILES string of the molecule is COc1ccc(NC(=O)CNCC2C(C)(C)C2(C)C)cc1. The summed E-state index contributed by atoms with van der Waals surface area (Å²) in [7, 11) is 1.62. The van der Waals surface area contributed by atoms with Crippen LogP contribution in [0.5, 0.6) is 5.75 Å². The summed E-state index contributed by atoms with van der Waals surface area (Å²) in [5.74, 6) is 1.39. The first-order chi connectivity index (χ1) is 9.79. The molecule has 0 unspecified atom stereocenters. The van der Waals surface area contributed by atoms with E-state index in [4.69, 9.17) is 4.74 Å². The molecule has 0 aromatic heterocycles. The van der Waals surface area contributed by atoms with Gasteiger partial charge < -0.3 is 15.4 Å². The van der Waals surface area contributed by atoms with Gasteiger partial charge in [0.1, 0.15) is 5.75 Å². The lowest BCUT2D eigenvalue weighted by atomic mass is 10.0. The molecule has 0 saturated heterocycles. The van der Waals surface area contributed by atoms with Crippen molar-refractivity contribution >= 4 is 11.6 Å². The van der Waals surface area contributed by atoms with Crippen LogP contribution in [-0.4, -0.2) is 26.1 Å². The molecule has 0 bridgehead atoms. The van der Waals surface area contributed by atoms with E-state index < -0.39 is 0 Å². The zero-order valence-electron chi connectivity index (χ0n) is 13.6. The molecule has 21 heavy (non-hydrogen) atoms. The van der Waals surface area contributed by atoms with Crippen molar-refractivity contribution < 1.29 is 9.53 Å². The molecule has 2 N–H and O–H groups in total. The van der Waals surface area contributed by atoms with Crippen molar-refractivity contribution in [3.63, 3.8) is 0 Å². The first-order valence-electron chi connectivity index (χ1n) is 7.43. The molecule has 1 fully saturated rings. The predicted octanol–water partition coefficient (Wildman–Crippen LogP) is 2.91. The Morgan fingerprint density at radius 3 is 2.19 bits per heavy atom. The van der Waals surface area contributed by atoms with E-state index in [-0.39, 0.29) is 5.91 Å². The zero-order valence-corrected chi connectivity index (χ0v) is 13.6. The summed E-state index contributed by atoms with van der Waals surface area (Å²) in [6, 6.07) is 7.34. The molecule has 1 aromatic carbocycles. The average molecular weight is 290 g/mol. The summed E-state index contributed by atoms with van der Waals surface area (Å²) in [5.41, 5.74) is 1.49. The number of carbonyl (C=O) groups is 1. The van der Waals surface area contributed by atoms with E-state index in [0.29, 0.717) is 23.3 Å². The molecule has 1 aromatic rings. The second kappa shape index (κ2) is 5.68. The first kappa shape index (κ1) is 15.8. The highest BCUT2D eigenvalue weighted by Gasteiger charge is 2.63. The molecule has 0 atom stereocenters. The van der Waals surface area contributed by atoms with Crippen LogP contribution >= 0.6 is 0 Å².